The van der Waals surface area contributed by atoms with Crippen LogP contribution in [0.25, 0.3) is 0 Å². The number of hydrogen-bond donors (Lipinski definition) is 2. The van der Waals surface area contributed by atoms with Gasteiger partial charge in [-0.25, -0.2) is 8.42 Å². The fourth-order valence-corrected chi connectivity index (χ4v) is 6.16. The normalized spacial score (nSPS) is 19.8. The molecule has 2 N–H and O–H groups in total. The summed E-state index contributed by atoms with van der Waals surface area (Å²) in [6.07, 6.45) is 0.481. The highest BCUT2D eigenvalue weighted by Gasteiger charge is 2.30. The van der Waals surface area contributed by atoms with E-state index in [4.69, 9.17) is 0 Å². The minimum absolute atomic E-state index is 0.0272. The number of aromatic nitrogens is 2. The van der Waals surface area contributed by atoms with Crippen LogP contribution in [0.4, 0.5) is 10.8 Å². The minimum Gasteiger partial charge on any atom is -0.351 e. The van der Waals surface area contributed by atoms with Crippen LogP contribution in [0, 0.1) is 6.92 Å². The molecule has 3 rings (SSSR count). The van der Waals surface area contributed by atoms with E-state index < -0.39 is 9.84 Å². The predicted octanol–water partition coefficient (Wildman–Crippen LogP) is 2.37. The van der Waals surface area contributed by atoms with Gasteiger partial charge >= 0.3 is 0 Å². The van der Waals surface area contributed by atoms with Crippen LogP contribution < -0.4 is 10.6 Å². The topological polar surface area (TPSA) is 101 Å². The van der Waals surface area contributed by atoms with E-state index in [-0.39, 0.29) is 28.7 Å². The van der Waals surface area contributed by atoms with Crippen molar-refractivity contribution in [3.8, 4) is 0 Å². The van der Waals surface area contributed by atoms with Gasteiger partial charge in [0.15, 0.2) is 14.2 Å². The number of nitrogens with one attached hydrogen (secondary N) is 2. The molecule has 140 valence electrons. The van der Waals surface area contributed by atoms with Gasteiger partial charge < -0.3 is 10.6 Å². The number of hydrogen-bond acceptors (Lipinski definition) is 8. The van der Waals surface area contributed by atoms with Crippen LogP contribution >= 0.6 is 23.1 Å². The molecule has 1 aliphatic heterocycles. The number of benzene rings is 1. The molecule has 1 aliphatic rings. The number of para-hydroxylation sites is 1. The number of thioether (sulfide) groups is 1. The van der Waals surface area contributed by atoms with Crippen molar-refractivity contribution in [1.29, 1.82) is 0 Å². The van der Waals surface area contributed by atoms with Gasteiger partial charge in [0.2, 0.25) is 11.0 Å². The van der Waals surface area contributed by atoms with E-state index in [1.807, 2.05) is 31.2 Å². The van der Waals surface area contributed by atoms with Gasteiger partial charge in [-0.1, -0.05) is 41.3 Å². The van der Waals surface area contributed by atoms with Crippen molar-refractivity contribution in [2.45, 2.75) is 35.9 Å². The Morgan fingerprint density at radius 1 is 1.35 bits per heavy atom. The van der Waals surface area contributed by atoms with Gasteiger partial charge in [0, 0.05) is 11.7 Å². The molecule has 7 nitrogen and oxygen atoms in total. The van der Waals surface area contributed by atoms with Crippen LogP contribution in [0.3, 0.4) is 0 Å². The zero-order chi connectivity index (χ0) is 18.7. The molecule has 0 bridgehead atoms. The van der Waals surface area contributed by atoms with Gasteiger partial charge in [0.05, 0.1) is 16.8 Å². The first-order chi connectivity index (χ1) is 12.3. The number of anilines is 2. The first kappa shape index (κ1) is 19.1. The van der Waals surface area contributed by atoms with Crippen LogP contribution in [0.5, 0.6) is 0 Å². The first-order valence-corrected chi connectivity index (χ1v) is 11.7. The van der Waals surface area contributed by atoms with Crippen molar-refractivity contribution in [3.63, 3.8) is 0 Å². The van der Waals surface area contributed by atoms with Gasteiger partial charge in [0.1, 0.15) is 0 Å². The number of aryl methyl sites for hydroxylation is 1. The zero-order valence-corrected chi connectivity index (χ0v) is 16.9. The lowest BCUT2D eigenvalue weighted by Gasteiger charge is -2.14. The van der Waals surface area contributed by atoms with E-state index in [0.717, 1.165) is 11.3 Å². The maximum absolute atomic E-state index is 12.3. The van der Waals surface area contributed by atoms with E-state index in [2.05, 4.69) is 20.8 Å². The van der Waals surface area contributed by atoms with Crippen LogP contribution in [0.15, 0.2) is 28.6 Å². The molecule has 0 saturated carbocycles. The largest absolute Gasteiger partial charge is 0.351 e. The number of sulfone groups is 1. The van der Waals surface area contributed by atoms with Crippen LogP contribution in [0.1, 0.15) is 18.9 Å². The number of nitrogens with zero attached hydrogens (tertiary/aromatic N) is 2. The van der Waals surface area contributed by atoms with E-state index in [1.54, 1.807) is 6.92 Å². The average molecular weight is 413 g/mol. The van der Waals surface area contributed by atoms with Crippen molar-refractivity contribution in [2.24, 2.45) is 0 Å². The third-order valence-corrected chi connectivity index (χ3v) is 7.81. The van der Waals surface area contributed by atoms with Gasteiger partial charge in [-0.05, 0) is 31.9 Å². The van der Waals surface area contributed by atoms with Crippen molar-refractivity contribution in [1.82, 2.24) is 15.5 Å². The zero-order valence-electron chi connectivity index (χ0n) is 14.4. The molecular weight excluding hydrogens is 392 g/mol. The molecule has 2 heterocycles. The van der Waals surface area contributed by atoms with Crippen molar-refractivity contribution in [3.05, 3.63) is 29.8 Å². The Hall–Kier alpha value is -1.65. The Labute approximate surface area is 160 Å². The lowest BCUT2D eigenvalue weighted by atomic mass is 10.2. The molecule has 10 heteroatoms. The summed E-state index contributed by atoms with van der Waals surface area (Å²) < 4.78 is 23.6. The molecule has 2 atom stereocenters. The highest BCUT2D eigenvalue weighted by molar-refractivity contribution is 8.02. The molecule has 1 aromatic carbocycles. The second kappa shape index (κ2) is 7.93. The van der Waals surface area contributed by atoms with Crippen molar-refractivity contribution < 1.29 is 13.2 Å². The van der Waals surface area contributed by atoms with Crippen LogP contribution in [0.2, 0.25) is 0 Å². The summed E-state index contributed by atoms with van der Waals surface area (Å²) in [4.78, 5) is 12.3. The second-order valence-corrected chi connectivity index (χ2v) is 11.0. The molecule has 0 radical (unpaired) electrons. The van der Waals surface area contributed by atoms with Crippen molar-refractivity contribution >= 4 is 49.7 Å². The standard InChI is InChI=1S/C16H20N4O3S3/c1-10-5-3-4-6-13(10)18-15-19-20-16(25-15)24-11(2)14(21)17-12-7-8-26(22,23)9-12/h3-6,11-12H,7-9H2,1-2H3,(H,17,21)(H,18,19)/t11-,12+/m1/s1. The number of rotatable bonds is 6. The monoisotopic (exact) mass is 412 g/mol. The molecule has 1 saturated heterocycles. The lowest BCUT2D eigenvalue weighted by Crippen LogP contribution is -2.39. The quantitative estimate of drug-likeness (QED) is 0.703. The summed E-state index contributed by atoms with van der Waals surface area (Å²) in [6, 6.07) is 7.60. The van der Waals surface area contributed by atoms with E-state index in [9.17, 15) is 13.2 Å². The van der Waals surface area contributed by atoms with E-state index >= 15 is 0 Å². The fraction of sp³-hybridized carbons (Fsp3) is 0.438. The second-order valence-electron chi connectivity index (χ2n) is 6.18. The van der Waals surface area contributed by atoms with Crippen LogP contribution in [-0.4, -0.2) is 47.3 Å². The molecule has 1 aromatic heterocycles. The lowest BCUT2D eigenvalue weighted by molar-refractivity contribution is -0.120. The maximum atomic E-state index is 12.3. The Kier molecular flexibility index (Phi) is 5.83. The highest BCUT2D eigenvalue weighted by atomic mass is 32.2. The maximum Gasteiger partial charge on any atom is 0.233 e. The van der Waals surface area contributed by atoms with Gasteiger partial charge in [0.25, 0.3) is 0 Å². The first-order valence-electron chi connectivity index (χ1n) is 8.16. The van der Waals surface area contributed by atoms with Gasteiger partial charge in [-0.2, -0.15) is 0 Å². The molecule has 2 aromatic rings. The van der Waals surface area contributed by atoms with Gasteiger partial charge in [-0.3, -0.25) is 4.79 Å². The Morgan fingerprint density at radius 2 is 2.12 bits per heavy atom. The fourth-order valence-electron chi connectivity index (χ4n) is 2.57. The summed E-state index contributed by atoms with van der Waals surface area (Å²) in [5, 5.41) is 14.5. The molecule has 1 amide bonds. The molecular formula is C16H20N4O3S3. The third kappa shape index (κ3) is 4.95. The summed E-state index contributed by atoms with van der Waals surface area (Å²) in [5.74, 6) is -0.0100. The van der Waals surface area contributed by atoms with Crippen molar-refractivity contribution in [2.75, 3.05) is 16.8 Å². The SMILES string of the molecule is Cc1ccccc1Nc1nnc(S[C@H](C)C(=O)N[C@H]2CCS(=O)(=O)C2)s1. The van der Waals surface area contributed by atoms with Crippen LogP contribution in [-0.2, 0) is 14.6 Å². The van der Waals surface area contributed by atoms with Gasteiger partial charge in [-0.15, -0.1) is 10.2 Å². The smallest absolute Gasteiger partial charge is 0.233 e. The number of carbonyl (C=O) groups excluding carboxylic acids is 1. The Morgan fingerprint density at radius 3 is 2.81 bits per heavy atom. The molecule has 0 aliphatic carbocycles. The molecule has 0 spiro atoms. The highest BCUT2D eigenvalue weighted by Crippen LogP contribution is 2.31. The minimum atomic E-state index is -3.01. The average Bonchev–Trinajstić information content (AvgIpc) is 3.15. The predicted molar refractivity (Wildman–Crippen MR) is 105 cm³/mol. The third-order valence-electron chi connectivity index (χ3n) is 4.02. The summed E-state index contributed by atoms with van der Waals surface area (Å²) in [7, 11) is -3.01. The molecule has 1 fully saturated rings. The summed E-state index contributed by atoms with van der Waals surface area (Å²) >= 11 is 2.69. The number of amides is 1. The molecule has 0 unspecified atom stereocenters. The van der Waals surface area contributed by atoms with E-state index in [0.29, 0.717) is 15.9 Å². The Bertz CT molecular complexity index is 898. The summed E-state index contributed by atoms with van der Waals surface area (Å²) in [5.41, 5.74) is 2.07. The van der Waals surface area contributed by atoms with E-state index in [1.165, 1.54) is 23.1 Å². The molecule has 26 heavy (non-hydrogen) atoms. The summed E-state index contributed by atoms with van der Waals surface area (Å²) in [6.45, 7) is 3.79. The Balaban J connectivity index is 1.55. The number of carbonyl (C=O) groups is 1.